The third-order valence-electron chi connectivity index (χ3n) is 2.93. The van der Waals surface area contributed by atoms with Crippen LogP contribution in [0.15, 0.2) is 45.3 Å². The molecular formula is C15H22IN3OS. The maximum absolute atomic E-state index is 5.31. The highest BCUT2D eigenvalue weighted by Crippen LogP contribution is 2.09. The molecule has 6 heteroatoms. The second-order valence-electron chi connectivity index (χ2n) is 4.50. The van der Waals surface area contributed by atoms with E-state index in [-0.39, 0.29) is 24.0 Å². The van der Waals surface area contributed by atoms with E-state index in [4.69, 9.17) is 4.42 Å². The lowest BCUT2D eigenvalue weighted by atomic mass is 10.3. The smallest absolute Gasteiger partial charge is 0.194 e. The highest BCUT2D eigenvalue weighted by molar-refractivity contribution is 14.0. The second-order valence-corrected chi connectivity index (χ2v) is 5.53. The second kappa shape index (κ2) is 9.83. The molecule has 0 saturated carbocycles. The zero-order chi connectivity index (χ0) is 14.2. The number of nitrogens with one attached hydrogen (secondary N) is 1. The Morgan fingerprint density at radius 3 is 2.86 bits per heavy atom. The van der Waals surface area contributed by atoms with Crippen molar-refractivity contribution in [1.29, 1.82) is 0 Å². The molecule has 2 heterocycles. The summed E-state index contributed by atoms with van der Waals surface area (Å²) in [5.41, 5.74) is 0. The Labute approximate surface area is 147 Å². The zero-order valence-electron chi connectivity index (χ0n) is 12.4. The summed E-state index contributed by atoms with van der Waals surface area (Å²) in [4.78, 5) is 8.16. The third-order valence-corrected chi connectivity index (χ3v) is 3.87. The molecule has 2 aromatic rings. The predicted octanol–water partition coefficient (Wildman–Crippen LogP) is 3.60. The van der Waals surface area contributed by atoms with E-state index >= 15 is 0 Å². The number of nitrogens with zero attached hydrogens (tertiary/aromatic N) is 2. The molecule has 0 spiro atoms. The van der Waals surface area contributed by atoms with Gasteiger partial charge in [-0.1, -0.05) is 6.07 Å². The van der Waals surface area contributed by atoms with Crippen molar-refractivity contribution in [1.82, 2.24) is 10.2 Å². The van der Waals surface area contributed by atoms with Gasteiger partial charge < -0.3 is 14.6 Å². The van der Waals surface area contributed by atoms with Crippen LogP contribution < -0.4 is 5.32 Å². The summed E-state index contributed by atoms with van der Waals surface area (Å²) in [6.07, 6.45) is 2.72. The predicted molar refractivity (Wildman–Crippen MR) is 99.6 cm³/mol. The minimum atomic E-state index is 0. The molecule has 0 aromatic carbocycles. The highest BCUT2D eigenvalue weighted by Gasteiger charge is 2.06. The van der Waals surface area contributed by atoms with Gasteiger partial charge in [-0.2, -0.15) is 0 Å². The molecule has 116 valence electrons. The molecule has 0 aliphatic carbocycles. The van der Waals surface area contributed by atoms with Crippen LogP contribution in [0.2, 0.25) is 0 Å². The lowest BCUT2D eigenvalue weighted by Gasteiger charge is -2.21. The lowest BCUT2D eigenvalue weighted by molar-refractivity contribution is 0.478. The Bertz CT molecular complexity index is 511. The van der Waals surface area contributed by atoms with Crippen LogP contribution in [0.25, 0.3) is 0 Å². The fraction of sp³-hybridized carbons (Fsp3) is 0.400. The normalized spacial score (nSPS) is 11.0. The maximum atomic E-state index is 5.31. The number of thiophene rings is 1. The Kier molecular flexibility index (Phi) is 8.44. The molecule has 0 bridgehead atoms. The van der Waals surface area contributed by atoms with Gasteiger partial charge in [0.25, 0.3) is 0 Å². The molecule has 1 N–H and O–H groups in total. The Hall–Kier alpha value is -1.02. The number of halogens is 1. The van der Waals surface area contributed by atoms with Crippen molar-refractivity contribution >= 4 is 41.3 Å². The highest BCUT2D eigenvalue weighted by atomic mass is 127. The average molecular weight is 419 g/mol. The number of hydrogen-bond acceptors (Lipinski definition) is 3. The lowest BCUT2D eigenvalue weighted by Crippen LogP contribution is -2.39. The number of guanidine groups is 1. The monoisotopic (exact) mass is 419 g/mol. The van der Waals surface area contributed by atoms with Crippen molar-refractivity contribution in [3.8, 4) is 0 Å². The van der Waals surface area contributed by atoms with Gasteiger partial charge in [-0.15, -0.1) is 35.3 Å². The summed E-state index contributed by atoms with van der Waals surface area (Å²) >= 11 is 1.80. The van der Waals surface area contributed by atoms with Crippen LogP contribution in [-0.4, -0.2) is 31.0 Å². The van der Waals surface area contributed by atoms with Gasteiger partial charge in [0.2, 0.25) is 0 Å². The summed E-state index contributed by atoms with van der Waals surface area (Å²) in [6.45, 7) is 4.46. The van der Waals surface area contributed by atoms with Gasteiger partial charge in [0.15, 0.2) is 5.96 Å². The topological polar surface area (TPSA) is 40.8 Å². The largest absolute Gasteiger partial charge is 0.467 e. The number of rotatable bonds is 6. The average Bonchev–Trinajstić information content (AvgIpc) is 3.13. The first-order chi connectivity index (χ1) is 9.79. The minimum Gasteiger partial charge on any atom is -0.467 e. The van der Waals surface area contributed by atoms with Gasteiger partial charge in [-0.05, 0) is 36.9 Å². The summed E-state index contributed by atoms with van der Waals surface area (Å²) in [5.74, 6) is 1.80. The number of aliphatic imine (C=N–C) groups is 1. The quantitative estimate of drug-likeness (QED) is 0.442. The van der Waals surface area contributed by atoms with Crippen LogP contribution >= 0.6 is 35.3 Å². The molecule has 0 atom stereocenters. The van der Waals surface area contributed by atoms with Crippen LogP contribution in [0.3, 0.4) is 0 Å². The van der Waals surface area contributed by atoms with E-state index in [9.17, 15) is 0 Å². The van der Waals surface area contributed by atoms with Gasteiger partial charge in [0, 0.05) is 25.0 Å². The van der Waals surface area contributed by atoms with Crippen molar-refractivity contribution in [2.24, 2.45) is 4.99 Å². The molecule has 0 unspecified atom stereocenters. The van der Waals surface area contributed by atoms with Gasteiger partial charge in [0.05, 0.1) is 6.26 Å². The number of furan rings is 1. The standard InChI is InChI=1S/C15H21N3OS.HI/c1-3-16-15(17-12-13-6-4-10-19-13)18(2)9-8-14-7-5-11-20-14;/h4-7,10-11H,3,8-9,12H2,1-2H3,(H,16,17);1H. The molecule has 0 aliphatic heterocycles. The molecule has 0 saturated heterocycles. The fourth-order valence-corrected chi connectivity index (χ4v) is 2.56. The van der Waals surface area contributed by atoms with E-state index in [2.05, 4.69) is 46.7 Å². The first-order valence-corrected chi connectivity index (χ1v) is 7.71. The van der Waals surface area contributed by atoms with Crippen LogP contribution in [0.5, 0.6) is 0 Å². The Morgan fingerprint density at radius 1 is 1.38 bits per heavy atom. The van der Waals surface area contributed by atoms with Crippen LogP contribution in [0.1, 0.15) is 17.6 Å². The summed E-state index contributed by atoms with van der Waals surface area (Å²) < 4.78 is 5.31. The van der Waals surface area contributed by atoms with E-state index in [1.807, 2.05) is 12.1 Å². The van der Waals surface area contributed by atoms with E-state index < -0.39 is 0 Å². The first kappa shape index (κ1) is 18.0. The summed E-state index contributed by atoms with van der Waals surface area (Å²) in [6, 6.07) is 8.10. The molecule has 2 rings (SSSR count). The van der Waals surface area contributed by atoms with E-state index in [0.29, 0.717) is 6.54 Å². The van der Waals surface area contributed by atoms with Crippen molar-refractivity contribution in [3.05, 3.63) is 46.5 Å². The van der Waals surface area contributed by atoms with E-state index in [0.717, 1.165) is 31.2 Å². The molecule has 21 heavy (non-hydrogen) atoms. The van der Waals surface area contributed by atoms with Crippen molar-refractivity contribution in [3.63, 3.8) is 0 Å². The van der Waals surface area contributed by atoms with Crippen molar-refractivity contribution in [2.45, 2.75) is 19.9 Å². The van der Waals surface area contributed by atoms with E-state index in [1.165, 1.54) is 4.88 Å². The molecule has 0 fully saturated rings. The Balaban J connectivity index is 0.00000220. The van der Waals surface area contributed by atoms with Gasteiger partial charge in [-0.25, -0.2) is 4.99 Å². The molecule has 0 radical (unpaired) electrons. The van der Waals surface area contributed by atoms with Crippen LogP contribution in [-0.2, 0) is 13.0 Å². The summed E-state index contributed by atoms with van der Waals surface area (Å²) in [7, 11) is 2.07. The van der Waals surface area contributed by atoms with Gasteiger partial charge >= 0.3 is 0 Å². The first-order valence-electron chi connectivity index (χ1n) is 6.83. The van der Waals surface area contributed by atoms with Gasteiger partial charge in [-0.3, -0.25) is 0 Å². The molecular weight excluding hydrogens is 397 g/mol. The van der Waals surface area contributed by atoms with Crippen molar-refractivity contribution in [2.75, 3.05) is 20.1 Å². The molecule has 0 aliphatic rings. The number of hydrogen-bond donors (Lipinski definition) is 1. The zero-order valence-corrected chi connectivity index (χ0v) is 15.6. The summed E-state index contributed by atoms with van der Waals surface area (Å²) in [5, 5.41) is 5.43. The Morgan fingerprint density at radius 2 is 2.24 bits per heavy atom. The van der Waals surface area contributed by atoms with Gasteiger partial charge in [0.1, 0.15) is 12.3 Å². The molecule has 0 amide bonds. The van der Waals surface area contributed by atoms with Crippen LogP contribution in [0.4, 0.5) is 0 Å². The fourth-order valence-electron chi connectivity index (χ4n) is 1.86. The number of likely N-dealkylation sites (N-methyl/N-ethyl adjacent to an activating group) is 1. The van der Waals surface area contributed by atoms with E-state index in [1.54, 1.807) is 17.6 Å². The third kappa shape index (κ3) is 6.09. The molecule has 2 aromatic heterocycles. The minimum absolute atomic E-state index is 0. The van der Waals surface area contributed by atoms with Crippen LogP contribution in [0, 0.1) is 0 Å². The SMILES string of the molecule is CCNC(=NCc1ccco1)N(C)CCc1cccs1.I. The van der Waals surface area contributed by atoms with Crippen molar-refractivity contribution < 1.29 is 4.42 Å². The maximum Gasteiger partial charge on any atom is 0.194 e. The molecule has 4 nitrogen and oxygen atoms in total.